The number of anilines is 1. The molecule has 15 heavy (non-hydrogen) atoms. The molecule has 1 rings (SSSR count). The van der Waals surface area contributed by atoms with Crippen molar-refractivity contribution in [2.24, 2.45) is 11.7 Å². The highest BCUT2D eigenvalue weighted by Gasteiger charge is 2.18. The van der Waals surface area contributed by atoms with E-state index in [-0.39, 0.29) is 29.4 Å². The maximum absolute atomic E-state index is 11.6. The minimum Gasteiger partial charge on any atom is -0.504 e. The third kappa shape index (κ3) is 2.92. The van der Waals surface area contributed by atoms with Crippen LogP contribution in [-0.2, 0) is 4.79 Å². The standard InChI is InChI=1S/C10H15N3O2/c1-6(7(2)11)10(15)13-9-8(14)4-3-5-12-9/h3-7,14H,11H2,1-2H3,(H,12,13,15)/t6-,7-/m0/s1. The van der Waals surface area contributed by atoms with Crippen LogP contribution < -0.4 is 11.1 Å². The SMILES string of the molecule is C[C@H](N)[C@H](C)C(=O)Nc1ncccc1O. The summed E-state index contributed by atoms with van der Waals surface area (Å²) in [6, 6.07) is 2.80. The first kappa shape index (κ1) is 11.5. The highest BCUT2D eigenvalue weighted by molar-refractivity contribution is 5.92. The number of hydrogen-bond acceptors (Lipinski definition) is 4. The van der Waals surface area contributed by atoms with Crippen LogP contribution in [0.1, 0.15) is 13.8 Å². The maximum Gasteiger partial charge on any atom is 0.230 e. The van der Waals surface area contributed by atoms with E-state index in [0.717, 1.165) is 0 Å². The molecule has 5 nitrogen and oxygen atoms in total. The number of carbonyl (C=O) groups is 1. The van der Waals surface area contributed by atoms with Crippen molar-refractivity contribution in [2.45, 2.75) is 19.9 Å². The molecule has 0 spiro atoms. The first-order valence-electron chi connectivity index (χ1n) is 4.72. The second kappa shape index (κ2) is 4.75. The Bertz CT molecular complexity index is 352. The lowest BCUT2D eigenvalue weighted by Gasteiger charge is -2.15. The van der Waals surface area contributed by atoms with Crippen LogP contribution in [0.2, 0.25) is 0 Å². The van der Waals surface area contributed by atoms with Crippen LogP contribution >= 0.6 is 0 Å². The van der Waals surface area contributed by atoms with Crippen LogP contribution in [0, 0.1) is 5.92 Å². The van der Waals surface area contributed by atoms with Gasteiger partial charge in [0, 0.05) is 12.2 Å². The second-order valence-electron chi connectivity index (χ2n) is 3.51. The molecule has 0 aliphatic carbocycles. The Kier molecular flexibility index (Phi) is 3.62. The van der Waals surface area contributed by atoms with Crippen LogP contribution in [0.4, 0.5) is 5.82 Å². The van der Waals surface area contributed by atoms with Crippen molar-refractivity contribution in [2.75, 3.05) is 5.32 Å². The number of nitrogens with two attached hydrogens (primary N) is 1. The summed E-state index contributed by atoms with van der Waals surface area (Å²) in [4.78, 5) is 15.4. The van der Waals surface area contributed by atoms with Gasteiger partial charge in [0.25, 0.3) is 0 Å². The van der Waals surface area contributed by atoms with E-state index < -0.39 is 0 Å². The van der Waals surface area contributed by atoms with Crippen LogP contribution in [-0.4, -0.2) is 22.0 Å². The molecule has 0 unspecified atom stereocenters. The summed E-state index contributed by atoms with van der Waals surface area (Å²) >= 11 is 0. The summed E-state index contributed by atoms with van der Waals surface area (Å²) < 4.78 is 0. The first-order valence-corrected chi connectivity index (χ1v) is 4.72. The number of nitrogens with zero attached hydrogens (tertiary/aromatic N) is 1. The highest BCUT2D eigenvalue weighted by atomic mass is 16.3. The molecule has 0 fully saturated rings. The summed E-state index contributed by atoms with van der Waals surface area (Å²) in [6.45, 7) is 3.47. The van der Waals surface area contributed by atoms with Gasteiger partial charge in [0.05, 0.1) is 5.92 Å². The van der Waals surface area contributed by atoms with Crippen LogP contribution in [0.15, 0.2) is 18.3 Å². The molecule has 0 aliphatic heterocycles. The minimum atomic E-state index is -0.327. The number of aromatic nitrogens is 1. The molecular weight excluding hydrogens is 194 g/mol. The molecule has 0 saturated heterocycles. The molecule has 5 heteroatoms. The van der Waals surface area contributed by atoms with Gasteiger partial charge in [-0.05, 0) is 19.1 Å². The third-order valence-electron chi connectivity index (χ3n) is 2.23. The lowest BCUT2D eigenvalue weighted by Crippen LogP contribution is -2.34. The van der Waals surface area contributed by atoms with E-state index in [2.05, 4.69) is 10.3 Å². The Balaban J connectivity index is 2.71. The van der Waals surface area contributed by atoms with E-state index in [1.54, 1.807) is 19.9 Å². The summed E-state index contributed by atoms with van der Waals surface area (Å²) in [6.07, 6.45) is 1.49. The number of carbonyl (C=O) groups excluding carboxylic acids is 1. The summed E-state index contributed by atoms with van der Waals surface area (Å²) in [7, 11) is 0. The topological polar surface area (TPSA) is 88.2 Å². The van der Waals surface area contributed by atoms with Crippen molar-refractivity contribution < 1.29 is 9.90 Å². The van der Waals surface area contributed by atoms with E-state index in [9.17, 15) is 9.90 Å². The highest BCUT2D eigenvalue weighted by Crippen LogP contribution is 2.19. The fraction of sp³-hybridized carbons (Fsp3) is 0.400. The van der Waals surface area contributed by atoms with Crippen molar-refractivity contribution >= 4 is 11.7 Å². The molecule has 0 radical (unpaired) electrons. The Morgan fingerprint density at radius 1 is 1.60 bits per heavy atom. The maximum atomic E-state index is 11.6. The Morgan fingerprint density at radius 3 is 2.80 bits per heavy atom. The molecule has 0 saturated carbocycles. The van der Waals surface area contributed by atoms with Crippen molar-refractivity contribution in [3.63, 3.8) is 0 Å². The molecule has 82 valence electrons. The Hall–Kier alpha value is -1.62. The van der Waals surface area contributed by atoms with Gasteiger partial charge in [-0.3, -0.25) is 4.79 Å². The quantitative estimate of drug-likeness (QED) is 0.684. The number of amides is 1. The summed E-state index contributed by atoms with van der Waals surface area (Å²) in [5.74, 6) is -0.469. The number of hydrogen-bond donors (Lipinski definition) is 3. The first-order chi connectivity index (χ1) is 7.02. The summed E-state index contributed by atoms with van der Waals surface area (Å²) in [5.41, 5.74) is 5.58. The van der Waals surface area contributed by atoms with Crippen molar-refractivity contribution in [1.82, 2.24) is 4.98 Å². The van der Waals surface area contributed by atoms with Gasteiger partial charge >= 0.3 is 0 Å². The van der Waals surface area contributed by atoms with E-state index in [0.29, 0.717) is 0 Å². The molecule has 1 amide bonds. The lowest BCUT2D eigenvalue weighted by molar-refractivity contribution is -0.119. The largest absolute Gasteiger partial charge is 0.504 e. The molecular formula is C10H15N3O2. The van der Waals surface area contributed by atoms with Gasteiger partial charge in [0.15, 0.2) is 11.6 Å². The van der Waals surface area contributed by atoms with Crippen molar-refractivity contribution in [1.29, 1.82) is 0 Å². The zero-order valence-corrected chi connectivity index (χ0v) is 8.77. The average molecular weight is 209 g/mol. The Morgan fingerprint density at radius 2 is 2.27 bits per heavy atom. The lowest BCUT2D eigenvalue weighted by atomic mass is 10.0. The number of pyridine rings is 1. The van der Waals surface area contributed by atoms with Gasteiger partial charge in [-0.15, -0.1) is 0 Å². The number of aromatic hydroxyl groups is 1. The van der Waals surface area contributed by atoms with Gasteiger partial charge < -0.3 is 16.2 Å². The summed E-state index contributed by atoms with van der Waals surface area (Å²) in [5, 5.41) is 11.9. The molecule has 0 aromatic carbocycles. The molecule has 0 bridgehead atoms. The zero-order valence-electron chi connectivity index (χ0n) is 8.77. The Labute approximate surface area is 88.3 Å². The normalized spacial score (nSPS) is 14.3. The molecule has 1 heterocycles. The fourth-order valence-electron chi connectivity index (χ4n) is 0.962. The van der Waals surface area contributed by atoms with Crippen molar-refractivity contribution in [3.8, 4) is 5.75 Å². The van der Waals surface area contributed by atoms with Gasteiger partial charge in [0.1, 0.15) is 0 Å². The van der Waals surface area contributed by atoms with E-state index >= 15 is 0 Å². The van der Waals surface area contributed by atoms with Gasteiger partial charge in [-0.1, -0.05) is 6.92 Å². The minimum absolute atomic E-state index is 0.0530. The molecule has 0 aliphatic rings. The smallest absolute Gasteiger partial charge is 0.230 e. The molecule has 2 atom stereocenters. The molecule has 1 aromatic heterocycles. The van der Waals surface area contributed by atoms with Crippen molar-refractivity contribution in [3.05, 3.63) is 18.3 Å². The van der Waals surface area contributed by atoms with Crippen LogP contribution in [0.5, 0.6) is 5.75 Å². The fourth-order valence-corrected chi connectivity index (χ4v) is 0.962. The number of nitrogens with one attached hydrogen (secondary N) is 1. The van der Waals surface area contributed by atoms with Crippen LogP contribution in [0.3, 0.4) is 0 Å². The van der Waals surface area contributed by atoms with E-state index in [4.69, 9.17) is 5.73 Å². The van der Waals surface area contributed by atoms with Crippen LogP contribution in [0.25, 0.3) is 0 Å². The zero-order chi connectivity index (χ0) is 11.4. The van der Waals surface area contributed by atoms with Gasteiger partial charge in [-0.2, -0.15) is 0 Å². The number of rotatable bonds is 3. The third-order valence-corrected chi connectivity index (χ3v) is 2.23. The van der Waals surface area contributed by atoms with Gasteiger partial charge in [0.2, 0.25) is 5.91 Å². The predicted molar refractivity (Wildman–Crippen MR) is 57.3 cm³/mol. The average Bonchev–Trinajstić information content (AvgIpc) is 2.20. The predicted octanol–water partition coefficient (Wildman–Crippen LogP) is 0.709. The van der Waals surface area contributed by atoms with E-state index in [1.165, 1.54) is 12.3 Å². The van der Waals surface area contributed by atoms with E-state index in [1.807, 2.05) is 0 Å². The molecule has 1 aromatic rings. The van der Waals surface area contributed by atoms with Gasteiger partial charge in [-0.25, -0.2) is 4.98 Å². The molecule has 4 N–H and O–H groups in total. The monoisotopic (exact) mass is 209 g/mol. The second-order valence-corrected chi connectivity index (χ2v) is 3.51.